The van der Waals surface area contributed by atoms with Gasteiger partial charge in [0.25, 0.3) is 0 Å². The summed E-state index contributed by atoms with van der Waals surface area (Å²) in [4.78, 5) is 22.0. The summed E-state index contributed by atoms with van der Waals surface area (Å²) < 4.78 is 13.7. The van der Waals surface area contributed by atoms with E-state index >= 15 is 0 Å². The molecule has 18 heavy (non-hydrogen) atoms. The van der Waals surface area contributed by atoms with Crippen LogP contribution in [0.1, 0.15) is 0 Å². The smallest absolute Gasteiger partial charge is 0.328 e. The molecule has 0 aromatic heterocycles. The summed E-state index contributed by atoms with van der Waals surface area (Å²) in [5.74, 6) is -2.06. The second-order valence-corrected chi connectivity index (χ2v) is 4.12. The summed E-state index contributed by atoms with van der Waals surface area (Å²) in [6.07, 6.45) is 0. The Morgan fingerprint density at radius 3 is 2.61 bits per heavy atom. The summed E-state index contributed by atoms with van der Waals surface area (Å²) in [6, 6.07) is 1.72. The second kappa shape index (κ2) is 6.31. The van der Waals surface area contributed by atoms with Crippen molar-refractivity contribution in [3.8, 4) is 0 Å². The molecule has 1 atom stereocenters. The zero-order valence-corrected chi connectivity index (χ0v) is 10.6. The lowest BCUT2D eigenvalue weighted by Crippen LogP contribution is -2.45. The number of urea groups is 1. The summed E-state index contributed by atoms with van der Waals surface area (Å²) in [6.45, 7) is -0.763. The monoisotopic (exact) mass is 320 g/mol. The summed E-state index contributed by atoms with van der Waals surface area (Å²) in [7, 11) is 0. The van der Waals surface area contributed by atoms with E-state index in [0.29, 0.717) is 4.47 Å². The number of rotatable bonds is 4. The number of para-hydroxylation sites is 1. The van der Waals surface area contributed by atoms with Gasteiger partial charge in [-0.2, -0.15) is 0 Å². The van der Waals surface area contributed by atoms with Crippen LogP contribution in [0.3, 0.4) is 0 Å². The maximum Gasteiger partial charge on any atom is 0.328 e. The highest BCUT2D eigenvalue weighted by Gasteiger charge is 2.19. The molecule has 0 heterocycles. The fourth-order valence-electron chi connectivity index (χ4n) is 1.11. The van der Waals surface area contributed by atoms with Crippen LogP contribution in [0.4, 0.5) is 14.9 Å². The van der Waals surface area contributed by atoms with Gasteiger partial charge in [0.1, 0.15) is 5.82 Å². The Bertz CT molecular complexity index is 449. The van der Waals surface area contributed by atoms with Crippen LogP contribution in [0.2, 0.25) is 0 Å². The van der Waals surface area contributed by atoms with E-state index in [4.69, 9.17) is 10.2 Å². The third kappa shape index (κ3) is 3.67. The van der Waals surface area contributed by atoms with E-state index in [-0.39, 0.29) is 5.69 Å². The molecule has 8 heteroatoms. The first-order valence-electron chi connectivity index (χ1n) is 4.81. The minimum atomic E-state index is -1.45. The van der Waals surface area contributed by atoms with E-state index in [0.717, 1.165) is 6.07 Å². The summed E-state index contributed by atoms with van der Waals surface area (Å²) in [5, 5.41) is 21.5. The SMILES string of the molecule is O=C(Nc1c(F)cccc1Br)N[C@H](CO)C(=O)O. The normalized spacial score (nSPS) is 11.7. The quantitative estimate of drug-likeness (QED) is 0.669. The highest BCUT2D eigenvalue weighted by atomic mass is 79.9. The molecule has 0 spiro atoms. The van der Waals surface area contributed by atoms with Crippen LogP contribution in [-0.2, 0) is 4.79 Å². The fourth-order valence-corrected chi connectivity index (χ4v) is 1.55. The number of hydrogen-bond donors (Lipinski definition) is 4. The van der Waals surface area contributed by atoms with Crippen LogP contribution in [0, 0.1) is 5.82 Å². The Morgan fingerprint density at radius 1 is 1.44 bits per heavy atom. The number of benzene rings is 1. The molecule has 4 N–H and O–H groups in total. The topological polar surface area (TPSA) is 98.7 Å². The molecule has 0 unspecified atom stereocenters. The van der Waals surface area contributed by atoms with Crippen molar-refractivity contribution in [2.24, 2.45) is 0 Å². The average Bonchev–Trinajstić information content (AvgIpc) is 2.30. The minimum Gasteiger partial charge on any atom is -0.480 e. The van der Waals surface area contributed by atoms with Crippen molar-refractivity contribution in [1.82, 2.24) is 5.32 Å². The van der Waals surface area contributed by atoms with E-state index in [1.807, 2.05) is 5.32 Å². The predicted molar refractivity (Wildman–Crippen MR) is 64.8 cm³/mol. The van der Waals surface area contributed by atoms with Crippen LogP contribution in [-0.4, -0.2) is 34.9 Å². The molecule has 0 aliphatic heterocycles. The van der Waals surface area contributed by atoms with Crippen molar-refractivity contribution in [2.45, 2.75) is 6.04 Å². The van der Waals surface area contributed by atoms with Crippen molar-refractivity contribution in [3.05, 3.63) is 28.5 Å². The van der Waals surface area contributed by atoms with Gasteiger partial charge in [-0.3, -0.25) is 0 Å². The van der Waals surface area contributed by atoms with E-state index in [1.54, 1.807) is 0 Å². The lowest BCUT2D eigenvalue weighted by Gasteiger charge is -2.13. The van der Waals surface area contributed by atoms with Crippen molar-refractivity contribution < 1.29 is 24.2 Å². The number of aliphatic carboxylic acids is 1. The summed E-state index contributed by atoms with van der Waals surface area (Å²) in [5.41, 5.74) is -0.114. The third-order valence-electron chi connectivity index (χ3n) is 1.99. The van der Waals surface area contributed by atoms with Crippen LogP contribution in [0.25, 0.3) is 0 Å². The number of amides is 2. The number of hydrogen-bond acceptors (Lipinski definition) is 3. The molecule has 0 aliphatic rings. The maximum absolute atomic E-state index is 13.4. The first-order chi connectivity index (χ1) is 8.45. The molecule has 0 fully saturated rings. The van der Waals surface area contributed by atoms with Crippen molar-refractivity contribution in [3.63, 3.8) is 0 Å². The number of aliphatic hydroxyl groups excluding tert-OH is 1. The molecule has 6 nitrogen and oxygen atoms in total. The zero-order chi connectivity index (χ0) is 13.7. The van der Waals surface area contributed by atoms with Gasteiger partial charge < -0.3 is 20.8 Å². The highest BCUT2D eigenvalue weighted by Crippen LogP contribution is 2.24. The molecule has 0 radical (unpaired) electrons. The van der Waals surface area contributed by atoms with Crippen molar-refractivity contribution in [1.29, 1.82) is 0 Å². The number of aliphatic hydroxyl groups is 1. The maximum atomic E-state index is 13.4. The number of carboxylic acids is 1. The number of anilines is 1. The van der Waals surface area contributed by atoms with Crippen LogP contribution in [0.5, 0.6) is 0 Å². The molecule has 1 rings (SSSR count). The Hall–Kier alpha value is -1.67. The van der Waals surface area contributed by atoms with Crippen LogP contribution >= 0.6 is 15.9 Å². The minimum absolute atomic E-state index is 0.114. The van der Waals surface area contributed by atoms with Gasteiger partial charge in [-0.1, -0.05) is 6.07 Å². The van der Waals surface area contributed by atoms with Gasteiger partial charge in [0.05, 0.1) is 12.3 Å². The molecule has 98 valence electrons. The van der Waals surface area contributed by atoms with Gasteiger partial charge in [0.2, 0.25) is 0 Å². The Balaban J connectivity index is 2.73. The third-order valence-corrected chi connectivity index (χ3v) is 2.65. The van der Waals surface area contributed by atoms with Gasteiger partial charge in [0.15, 0.2) is 6.04 Å². The molecule has 0 saturated heterocycles. The van der Waals surface area contributed by atoms with Gasteiger partial charge in [-0.15, -0.1) is 0 Å². The largest absolute Gasteiger partial charge is 0.480 e. The van der Waals surface area contributed by atoms with Gasteiger partial charge in [-0.05, 0) is 28.1 Å². The number of carboxylic acid groups (broad SMARTS) is 1. The standard InChI is InChI=1S/C10H10BrFN2O4/c11-5-2-1-3-6(12)8(5)14-10(18)13-7(4-15)9(16)17/h1-3,7,15H,4H2,(H,16,17)(H2,13,14,18)/t7-/m1/s1. The van der Waals surface area contributed by atoms with Crippen molar-refractivity contribution in [2.75, 3.05) is 11.9 Å². The molecular weight excluding hydrogens is 311 g/mol. The Morgan fingerprint density at radius 2 is 2.11 bits per heavy atom. The lowest BCUT2D eigenvalue weighted by molar-refractivity contribution is -0.140. The van der Waals surface area contributed by atoms with Gasteiger partial charge in [0, 0.05) is 4.47 Å². The number of halogens is 2. The number of nitrogens with one attached hydrogen (secondary N) is 2. The Kier molecular flexibility index (Phi) is 5.05. The molecule has 1 aromatic rings. The Labute approximate surface area is 110 Å². The van der Waals surface area contributed by atoms with E-state index < -0.39 is 30.5 Å². The molecule has 0 bridgehead atoms. The number of carbonyl (C=O) groups excluding carboxylic acids is 1. The first-order valence-corrected chi connectivity index (χ1v) is 5.60. The van der Waals surface area contributed by atoms with E-state index in [1.165, 1.54) is 12.1 Å². The second-order valence-electron chi connectivity index (χ2n) is 3.27. The first kappa shape index (κ1) is 14.4. The molecule has 0 aliphatic carbocycles. The molecule has 2 amide bonds. The molecule has 0 saturated carbocycles. The van der Waals surface area contributed by atoms with Crippen molar-refractivity contribution >= 4 is 33.6 Å². The molecule has 1 aromatic carbocycles. The fraction of sp³-hybridized carbons (Fsp3) is 0.200. The van der Waals surface area contributed by atoms with Gasteiger partial charge in [-0.25, -0.2) is 14.0 Å². The summed E-state index contributed by atoms with van der Waals surface area (Å²) >= 11 is 3.04. The molecular formula is C10H10BrFN2O4. The van der Waals surface area contributed by atoms with Gasteiger partial charge >= 0.3 is 12.0 Å². The average molecular weight is 321 g/mol. The van der Waals surface area contributed by atoms with Crippen LogP contribution < -0.4 is 10.6 Å². The zero-order valence-electron chi connectivity index (χ0n) is 8.98. The lowest BCUT2D eigenvalue weighted by atomic mass is 10.3. The highest BCUT2D eigenvalue weighted by molar-refractivity contribution is 9.10. The van der Waals surface area contributed by atoms with E-state index in [9.17, 15) is 14.0 Å². The number of carbonyl (C=O) groups is 2. The predicted octanol–water partition coefficient (Wildman–Crippen LogP) is 1.16. The van der Waals surface area contributed by atoms with E-state index in [2.05, 4.69) is 21.2 Å². The van der Waals surface area contributed by atoms with Crippen LogP contribution in [0.15, 0.2) is 22.7 Å².